The summed E-state index contributed by atoms with van der Waals surface area (Å²) in [4.78, 5) is 11.7. The Morgan fingerprint density at radius 1 is 1.25 bits per heavy atom. The van der Waals surface area contributed by atoms with E-state index in [0.29, 0.717) is 0 Å². The monoisotopic (exact) mass is 267 g/mol. The lowest BCUT2D eigenvalue weighted by molar-refractivity contribution is 0.0951. The molecule has 0 spiro atoms. The standard InChI is InChI=1S/C15H10FN3O/c16-14-8-12(9-17)6-7-13(14)15(20)19-18-10-11-4-2-1-3-5-11/h1-8,10H,(H,19,20)/b18-10-. The number of hydrogen-bond acceptors (Lipinski definition) is 3. The molecule has 0 unspecified atom stereocenters. The van der Waals surface area contributed by atoms with Crippen molar-refractivity contribution in [2.75, 3.05) is 0 Å². The summed E-state index contributed by atoms with van der Waals surface area (Å²) >= 11 is 0. The van der Waals surface area contributed by atoms with Crippen molar-refractivity contribution < 1.29 is 9.18 Å². The molecule has 0 atom stereocenters. The molecule has 0 fully saturated rings. The number of hydrazone groups is 1. The van der Waals surface area contributed by atoms with Crippen LogP contribution in [0, 0.1) is 17.1 Å². The molecule has 98 valence electrons. The predicted molar refractivity (Wildman–Crippen MR) is 72.6 cm³/mol. The lowest BCUT2D eigenvalue weighted by Gasteiger charge is -2.01. The molecule has 4 nitrogen and oxygen atoms in total. The fraction of sp³-hybridized carbons (Fsp3) is 0. The van der Waals surface area contributed by atoms with E-state index in [1.807, 2.05) is 30.3 Å². The zero-order valence-electron chi connectivity index (χ0n) is 10.4. The Morgan fingerprint density at radius 3 is 2.65 bits per heavy atom. The van der Waals surface area contributed by atoms with E-state index in [1.54, 1.807) is 6.07 Å². The second-order valence-electron chi connectivity index (χ2n) is 3.92. The van der Waals surface area contributed by atoms with Gasteiger partial charge in [-0.2, -0.15) is 10.4 Å². The third-order valence-electron chi connectivity index (χ3n) is 2.52. The molecule has 2 aromatic carbocycles. The summed E-state index contributed by atoms with van der Waals surface area (Å²) in [5, 5.41) is 12.4. The molecule has 0 radical (unpaired) electrons. The van der Waals surface area contributed by atoms with Gasteiger partial charge >= 0.3 is 0 Å². The number of carbonyl (C=O) groups excluding carboxylic acids is 1. The first-order valence-corrected chi connectivity index (χ1v) is 5.79. The fourth-order valence-electron chi connectivity index (χ4n) is 1.53. The SMILES string of the molecule is N#Cc1ccc(C(=O)N/N=C\c2ccccc2)c(F)c1. The number of amides is 1. The molecule has 1 amide bonds. The zero-order valence-corrected chi connectivity index (χ0v) is 10.4. The number of nitrogens with one attached hydrogen (secondary N) is 1. The highest BCUT2D eigenvalue weighted by molar-refractivity contribution is 5.95. The summed E-state index contributed by atoms with van der Waals surface area (Å²) in [6.45, 7) is 0. The molecule has 0 saturated carbocycles. The molecule has 2 rings (SSSR count). The molecule has 0 aliphatic heterocycles. The van der Waals surface area contributed by atoms with Crippen LogP contribution in [0.4, 0.5) is 4.39 Å². The summed E-state index contributed by atoms with van der Waals surface area (Å²) in [5.74, 6) is -1.42. The number of rotatable bonds is 3. The van der Waals surface area contributed by atoms with E-state index in [0.717, 1.165) is 11.6 Å². The highest BCUT2D eigenvalue weighted by Crippen LogP contribution is 2.09. The van der Waals surface area contributed by atoms with Crippen LogP contribution in [-0.4, -0.2) is 12.1 Å². The van der Waals surface area contributed by atoms with Crippen LogP contribution < -0.4 is 5.43 Å². The molecule has 0 saturated heterocycles. The van der Waals surface area contributed by atoms with Gasteiger partial charge in [0.25, 0.3) is 5.91 Å². The van der Waals surface area contributed by atoms with Gasteiger partial charge in [-0.15, -0.1) is 0 Å². The molecule has 2 aromatic rings. The maximum atomic E-state index is 13.6. The minimum atomic E-state index is -0.753. The van der Waals surface area contributed by atoms with Gasteiger partial charge in [0.2, 0.25) is 0 Å². The van der Waals surface area contributed by atoms with Crippen LogP contribution in [-0.2, 0) is 0 Å². The zero-order chi connectivity index (χ0) is 14.4. The Morgan fingerprint density at radius 2 is 2.00 bits per heavy atom. The molecular weight excluding hydrogens is 257 g/mol. The largest absolute Gasteiger partial charge is 0.274 e. The number of halogens is 1. The quantitative estimate of drug-likeness (QED) is 0.685. The molecule has 0 bridgehead atoms. The minimum Gasteiger partial charge on any atom is -0.267 e. The molecule has 5 heteroatoms. The lowest BCUT2D eigenvalue weighted by Crippen LogP contribution is -2.19. The van der Waals surface area contributed by atoms with E-state index < -0.39 is 11.7 Å². The Labute approximate surface area is 115 Å². The van der Waals surface area contributed by atoms with Gasteiger partial charge in [0.05, 0.1) is 23.4 Å². The van der Waals surface area contributed by atoms with Crippen molar-refractivity contribution in [2.45, 2.75) is 0 Å². The van der Waals surface area contributed by atoms with Crippen LogP contribution in [0.5, 0.6) is 0 Å². The summed E-state index contributed by atoms with van der Waals surface area (Å²) < 4.78 is 13.6. The van der Waals surface area contributed by atoms with Gasteiger partial charge in [-0.1, -0.05) is 30.3 Å². The molecule has 0 heterocycles. The Hall–Kier alpha value is -3.00. The Kier molecular flexibility index (Phi) is 4.20. The average Bonchev–Trinajstić information content (AvgIpc) is 2.48. The topological polar surface area (TPSA) is 65.2 Å². The van der Waals surface area contributed by atoms with Gasteiger partial charge in [-0.25, -0.2) is 9.82 Å². The summed E-state index contributed by atoms with van der Waals surface area (Å²) in [6.07, 6.45) is 1.46. The van der Waals surface area contributed by atoms with E-state index in [4.69, 9.17) is 5.26 Å². The van der Waals surface area contributed by atoms with Gasteiger partial charge < -0.3 is 0 Å². The third kappa shape index (κ3) is 3.27. The van der Waals surface area contributed by atoms with Crippen LogP contribution in [0.2, 0.25) is 0 Å². The van der Waals surface area contributed by atoms with Gasteiger partial charge in [0.1, 0.15) is 5.82 Å². The normalized spacial score (nSPS) is 10.2. The molecule has 0 aliphatic carbocycles. The Balaban J connectivity index is 2.06. The molecular formula is C15H10FN3O. The van der Waals surface area contributed by atoms with Gasteiger partial charge in [-0.05, 0) is 23.8 Å². The van der Waals surface area contributed by atoms with Crippen LogP contribution in [0.25, 0.3) is 0 Å². The summed E-state index contributed by atoms with van der Waals surface area (Å²) in [5.41, 5.74) is 3.05. The number of nitriles is 1. The second-order valence-corrected chi connectivity index (χ2v) is 3.92. The highest BCUT2D eigenvalue weighted by atomic mass is 19.1. The van der Waals surface area contributed by atoms with Crippen LogP contribution in [0.15, 0.2) is 53.6 Å². The van der Waals surface area contributed by atoms with Crippen molar-refractivity contribution in [3.05, 3.63) is 71.0 Å². The lowest BCUT2D eigenvalue weighted by atomic mass is 10.1. The minimum absolute atomic E-state index is 0.158. The van der Waals surface area contributed by atoms with Crippen molar-refractivity contribution in [2.24, 2.45) is 5.10 Å². The predicted octanol–water partition coefficient (Wildman–Crippen LogP) is 2.46. The van der Waals surface area contributed by atoms with E-state index in [2.05, 4.69) is 10.5 Å². The number of hydrogen-bond donors (Lipinski definition) is 1. The van der Waals surface area contributed by atoms with Crippen molar-refractivity contribution in [1.29, 1.82) is 5.26 Å². The summed E-state index contributed by atoms with van der Waals surface area (Å²) in [7, 11) is 0. The first kappa shape index (κ1) is 13.4. The van der Waals surface area contributed by atoms with E-state index in [1.165, 1.54) is 18.3 Å². The molecule has 20 heavy (non-hydrogen) atoms. The van der Waals surface area contributed by atoms with E-state index in [9.17, 15) is 9.18 Å². The first-order valence-electron chi connectivity index (χ1n) is 5.79. The second kappa shape index (κ2) is 6.25. The number of benzene rings is 2. The number of nitrogens with zero attached hydrogens (tertiary/aromatic N) is 2. The van der Waals surface area contributed by atoms with Crippen molar-refractivity contribution >= 4 is 12.1 Å². The van der Waals surface area contributed by atoms with Crippen molar-refractivity contribution in [1.82, 2.24) is 5.43 Å². The van der Waals surface area contributed by atoms with Crippen LogP contribution in [0.1, 0.15) is 21.5 Å². The van der Waals surface area contributed by atoms with Gasteiger partial charge in [-0.3, -0.25) is 4.79 Å². The van der Waals surface area contributed by atoms with E-state index in [-0.39, 0.29) is 11.1 Å². The van der Waals surface area contributed by atoms with Crippen LogP contribution in [0.3, 0.4) is 0 Å². The number of carbonyl (C=O) groups is 1. The van der Waals surface area contributed by atoms with Gasteiger partial charge in [0, 0.05) is 0 Å². The maximum Gasteiger partial charge on any atom is 0.274 e. The Bertz CT molecular complexity index is 690. The molecule has 0 aromatic heterocycles. The van der Waals surface area contributed by atoms with Crippen LogP contribution >= 0.6 is 0 Å². The first-order chi connectivity index (χ1) is 9.70. The van der Waals surface area contributed by atoms with Gasteiger partial charge in [0.15, 0.2) is 0 Å². The van der Waals surface area contributed by atoms with Crippen molar-refractivity contribution in [3.63, 3.8) is 0 Å². The molecule has 1 N–H and O–H groups in total. The maximum absolute atomic E-state index is 13.6. The average molecular weight is 267 g/mol. The van der Waals surface area contributed by atoms with E-state index >= 15 is 0 Å². The highest BCUT2D eigenvalue weighted by Gasteiger charge is 2.11. The third-order valence-corrected chi connectivity index (χ3v) is 2.52. The summed E-state index contributed by atoms with van der Waals surface area (Å²) in [6, 6.07) is 14.6. The van der Waals surface area contributed by atoms with Crippen molar-refractivity contribution in [3.8, 4) is 6.07 Å². The smallest absolute Gasteiger partial charge is 0.267 e. The fourth-order valence-corrected chi connectivity index (χ4v) is 1.53. The molecule has 0 aliphatic rings.